The number of nitrogens with one attached hydrogen (secondary N) is 2. The van der Waals surface area contributed by atoms with Crippen LogP contribution in [0, 0.1) is 0 Å². The van der Waals surface area contributed by atoms with Crippen LogP contribution in [-0.4, -0.2) is 40.1 Å². The van der Waals surface area contributed by atoms with Gasteiger partial charge in [-0.1, -0.05) is 26.0 Å². The van der Waals surface area contributed by atoms with Gasteiger partial charge in [0, 0.05) is 30.0 Å². The molecule has 11 heteroatoms. The molecule has 1 heterocycles. The Labute approximate surface area is 192 Å². The Morgan fingerprint density at radius 1 is 0.906 bits per heavy atom. The van der Waals surface area contributed by atoms with Gasteiger partial charge in [-0.15, -0.1) is 11.3 Å². The summed E-state index contributed by atoms with van der Waals surface area (Å²) >= 11 is 1.11. The van der Waals surface area contributed by atoms with Gasteiger partial charge in [-0.05, 0) is 53.9 Å². The van der Waals surface area contributed by atoms with E-state index in [2.05, 4.69) is 10.0 Å². The molecule has 2 N–H and O–H groups in total. The highest BCUT2D eigenvalue weighted by Gasteiger charge is 2.22. The molecule has 0 spiro atoms. The highest BCUT2D eigenvalue weighted by Crippen LogP contribution is 2.22. The summed E-state index contributed by atoms with van der Waals surface area (Å²) in [4.78, 5) is 12.7. The van der Waals surface area contributed by atoms with E-state index in [0.29, 0.717) is 30.0 Å². The van der Waals surface area contributed by atoms with Gasteiger partial charge in [-0.25, -0.2) is 16.8 Å². The van der Waals surface area contributed by atoms with E-state index >= 15 is 0 Å². The van der Waals surface area contributed by atoms with Crippen molar-refractivity contribution in [1.29, 1.82) is 0 Å². The van der Waals surface area contributed by atoms with Crippen molar-refractivity contribution < 1.29 is 21.6 Å². The van der Waals surface area contributed by atoms with Crippen LogP contribution in [0.2, 0.25) is 0 Å². The van der Waals surface area contributed by atoms with Crippen molar-refractivity contribution in [1.82, 2.24) is 4.31 Å². The van der Waals surface area contributed by atoms with E-state index in [-0.39, 0.29) is 9.10 Å². The van der Waals surface area contributed by atoms with E-state index in [1.807, 2.05) is 0 Å². The third-order valence-corrected chi connectivity index (χ3v) is 9.42. The largest absolute Gasteiger partial charge is 0.322 e. The summed E-state index contributed by atoms with van der Waals surface area (Å²) in [7, 11) is -7.32. The Kier molecular flexibility index (Phi) is 7.34. The van der Waals surface area contributed by atoms with E-state index in [1.54, 1.807) is 37.4 Å². The lowest BCUT2D eigenvalue weighted by Crippen LogP contribution is -2.30. The normalized spacial score (nSPS) is 12.0. The molecule has 0 bridgehead atoms. The quantitative estimate of drug-likeness (QED) is 0.470. The van der Waals surface area contributed by atoms with Crippen molar-refractivity contribution >= 4 is 48.7 Å². The number of carbonyl (C=O) groups is 1. The third kappa shape index (κ3) is 5.36. The Morgan fingerprint density at radius 3 is 2.19 bits per heavy atom. The van der Waals surface area contributed by atoms with Crippen LogP contribution in [0.5, 0.6) is 0 Å². The van der Waals surface area contributed by atoms with Crippen molar-refractivity contribution in [2.24, 2.45) is 0 Å². The zero-order valence-corrected chi connectivity index (χ0v) is 19.9. The van der Waals surface area contributed by atoms with Crippen LogP contribution in [0.15, 0.2) is 75.1 Å². The zero-order chi connectivity index (χ0) is 23.4. The molecular formula is C21H23N3O5S3. The van der Waals surface area contributed by atoms with Gasteiger partial charge in [0.2, 0.25) is 10.0 Å². The second-order valence-corrected chi connectivity index (χ2v) is 11.5. The van der Waals surface area contributed by atoms with Crippen LogP contribution in [0.25, 0.3) is 0 Å². The van der Waals surface area contributed by atoms with Crippen LogP contribution < -0.4 is 10.0 Å². The average molecular weight is 494 g/mol. The van der Waals surface area contributed by atoms with Crippen LogP contribution in [0.3, 0.4) is 0 Å². The van der Waals surface area contributed by atoms with E-state index < -0.39 is 26.0 Å². The summed E-state index contributed by atoms with van der Waals surface area (Å²) in [5, 5.41) is 4.35. The molecule has 1 amide bonds. The predicted octanol–water partition coefficient (Wildman–Crippen LogP) is 3.83. The Morgan fingerprint density at radius 2 is 1.59 bits per heavy atom. The van der Waals surface area contributed by atoms with Gasteiger partial charge in [0.25, 0.3) is 15.9 Å². The topological polar surface area (TPSA) is 113 Å². The van der Waals surface area contributed by atoms with Crippen LogP contribution in [-0.2, 0) is 20.0 Å². The van der Waals surface area contributed by atoms with Gasteiger partial charge < -0.3 is 5.32 Å². The minimum Gasteiger partial charge on any atom is -0.322 e. The molecular weight excluding hydrogens is 470 g/mol. The second kappa shape index (κ2) is 9.82. The van der Waals surface area contributed by atoms with Gasteiger partial charge in [-0.3, -0.25) is 9.52 Å². The molecule has 0 fully saturated rings. The molecule has 0 saturated carbocycles. The molecule has 0 aliphatic carbocycles. The van der Waals surface area contributed by atoms with Gasteiger partial charge >= 0.3 is 0 Å². The Bertz CT molecular complexity index is 1280. The molecule has 1 aromatic heterocycles. The number of anilines is 2. The fourth-order valence-electron chi connectivity index (χ4n) is 2.96. The molecule has 0 radical (unpaired) electrons. The first-order valence-corrected chi connectivity index (χ1v) is 13.6. The molecule has 3 aromatic rings. The number of hydrogen-bond acceptors (Lipinski definition) is 6. The van der Waals surface area contributed by atoms with E-state index in [1.165, 1.54) is 46.8 Å². The lowest BCUT2D eigenvalue weighted by molar-refractivity contribution is 0.102. The first-order valence-electron chi connectivity index (χ1n) is 9.75. The summed E-state index contributed by atoms with van der Waals surface area (Å²) in [6.07, 6.45) is 0. The number of sulfonamides is 2. The fourth-order valence-corrected chi connectivity index (χ4v) is 6.52. The monoisotopic (exact) mass is 493 g/mol. The van der Waals surface area contributed by atoms with Crippen LogP contribution in [0.4, 0.5) is 11.4 Å². The number of carbonyl (C=O) groups excluding carboxylic acids is 1. The van der Waals surface area contributed by atoms with Crippen molar-refractivity contribution in [2.45, 2.75) is 23.0 Å². The lowest BCUT2D eigenvalue weighted by Gasteiger charge is -2.18. The zero-order valence-electron chi connectivity index (χ0n) is 17.5. The molecule has 170 valence electrons. The molecule has 0 unspecified atom stereocenters. The number of benzene rings is 2. The maximum atomic E-state index is 12.7. The predicted molar refractivity (Wildman–Crippen MR) is 126 cm³/mol. The first-order chi connectivity index (χ1) is 15.2. The molecule has 2 aromatic carbocycles. The standard InChI is InChI=1S/C21H23N3O5S3/c1-3-24(4-2)32(28,29)19-8-5-7-18(15-19)22-21(25)16-10-12-17(13-11-16)23-31(26,27)20-9-6-14-30-20/h5-15,23H,3-4H2,1-2H3,(H,22,25). The molecule has 32 heavy (non-hydrogen) atoms. The minimum absolute atomic E-state index is 0.0948. The number of amides is 1. The molecule has 0 aliphatic rings. The van der Waals surface area contributed by atoms with Crippen molar-refractivity contribution in [3.05, 3.63) is 71.6 Å². The highest BCUT2D eigenvalue weighted by atomic mass is 32.2. The van der Waals surface area contributed by atoms with E-state index in [0.717, 1.165) is 11.3 Å². The molecule has 0 atom stereocenters. The minimum atomic E-state index is -3.67. The lowest BCUT2D eigenvalue weighted by atomic mass is 10.2. The van der Waals surface area contributed by atoms with Crippen LogP contribution >= 0.6 is 11.3 Å². The Balaban J connectivity index is 1.73. The molecule has 3 rings (SSSR count). The summed E-state index contributed by atoms with van der Waals surface area (Å²) in [5.74, 6) is -0.449. The number of nitrogens with zero attached hydrogens (tertiary/aromatic N) is 1. The van der Waals surface area contributed by atoms with E-state index in [9.17, 15) is 21.6 Å². The SMILES string of the molecule is CCN(CC)S(=O)(=O)c1cccc(NC(=O)c2ccc(NS(=O)(=O)c3cccs3)cc2)c1. The third-order valence-electron chi connectivity index (χ3n) is 4.59. The van der Waals surface area contributed by atoms with Gasteiger partial charge in [0.15, 0.2) is 0 Å². The molecule has 0 aliphatic heterocycles. The van der Waals surface area contributed by atoms with E-state index in [4.69, 9.17) is 0 Å². The second-order valence-electron chi connectivity index (χ2n) is 6.69. The summed E-state index contributed by atoms with van der Waals surface area (Å²) in [5.41, 5.74) is 0.953. The smallest absolute Gasteiger partial charge is 0.271 e. The fraction of sp³-hybridized carbons (Fsp3) is 0.190. The molecule has 8 nitrogen and oxygen atoms in total. The van der Waals surface area contributed by atoms with Gasteiger partial charge in [0.1, 0.15) is 4.21 Å². The number of rotatable bonds is 9. The van der Waals surface area contributed by atoms with Crippen LogP contribution in [0.1, 0.15) is 24.2 Å². The number of hydrogen-bond donors (Lipinski definition) is 2. The first kappa shape index (κ1) is 23.9. The maximum absolute atomic E-state index is 12.7. The van der Waals surface area contributed by atoms with Gasteiger partial charge in [0.05, 0.1) is 4.90 Å². The number of thiophene rings is 1. The van der Waals surface area contributed by atoms with Gasteiger partial charge in [-0.2, -0.15) is 4.31 Å². The Hall–Kier alpha value is -2.73. The average Bonchev–Trinajstić information content (AvgIpc) is 3.31. The van der Waals surface area contributed by atoms with Crippen molar-refractivity contribution in [3.8, 4) is 0 Å². The van der Waals surface area contributed by atoms with Crippen molar-refractivity contribution in [2.75, 3.05) is 23.1 Å². The maximum Gasteiger partial charge on any atom is 0.271 e. The summed E-state index contributed by atoms with van der Waals surface area (Å²) in [6.45, 7) is 4.21. The summed E-state index contributed by atoms with van der Waals surface area (Å²) in [6, 6.07) is 15.2. The highest BCUT2D eigenvalue weighted by molar-refractivity contribution is 7.94. The molecule has 0 saturated heterocycles. The summed E-state index contributed by atoms with van der Waals surface area (Å²) < 4.78 is 54.0. The van der Waals surface area contributed by atoms with Crippen molar-refractivity contribution in [3.63, 3.8) is 0 Å².